The summed E-state index contributed by atoms with van der Waals surface area (Å²) in [7, 11) is -3.34. The smallest absolute Gasteiger partial charge is 0.332 e. The summed E-state index contributed by atoms with van der Waals surface area (Å²) in [6.07, 6.45) is 9.14. The number of nitrogens with zero attached hydrogens (tertiary/aromatic N) is 1. The zero-order valence-electron chi connectivity index (χ0n) is 21.1. The molecule has 1 aromatic heterocycles. The second kappa shape index (κ2) is 12.2. The third-order valence-corrected chi connectivity index (χ3v) is 7.76. The normalized spacial score (nSPS) is 16.7. The Morgan fingerprint density at radius 3 is 2.47 bits per heavy atom. The standard InChI is InChI=1S/C14H19P.C12H18NO5P/c1-4-6-7-12(5-2)13-8-10-14(15-3)11-9-13;1-7-11-10(6-17-12(3,4)18-11)9(5-13-7)8(2)19(14,15)16/h5-11,15H,4H2,1-3H3;5,8H,6H2,1-4H3,(H2,14,15,16)/b7-6-,12-5+;. The third kappa shape index (κ3) is 7.60. The molecule has 0 amide bonds. The van der Waals surface area contributed by atoms with Crippen molar-refractivity contribution in [3.05, 3.63) is 71.1 Å². The molecule has 186 valence electrons. The first-order valence-electron chi connectivity index (χ1n) is 11.4. The van der Waals surface area contributed by atoms with Crippen molar-refractivity contribution in [1.29, 1.82) is 0 Å². The number of aromatic nitrogens is 1. The predicted octanol–water partition coefficient (Wildman–Crippen LogP) is 6.26. The fraction of sp³-hybridized carbons (Fsp3) is 0.423. The second-order valence-corrected chi connectivity index (χ2v) is 11.6. The molecule has 0 fully saturated rings. The maximum absolute atomic E-state index is 11.4. The Labute approximate surface area is 205 Å². The first kappa shape index (κ1) is 28.4. The van der Waals surface area contributed by atoms with E-state index in [1.165, 1.54) is 29.6 Å². The van der Waals surface area contributed by atoms with Gasteiger partial charge >= 0.3 is 7.60 Å². The van der Waals surface area contributed by atoms with Crippen LogP contribution >= 0.6 is 16.2 Å². The van der Waals surface area contributed by atoms with E-state index in [0.29, 0.717) is 22.6 Å². The molecule has 0 saturated carbocycles. The van der Waals surface area contributed by atoms with Gasteiger partial charge in [0, 0.05) is 25.6 Å². The largest absolute Gasteiger partial charge is 0.461 e. The highest BCUT2D eigenvalue weighted by atomic mass is 31.2. The summed E-state index contributed by atoms with van der Waals surface area (Å²) in [5, 5.41) is 1.42. The zero-order valence-corrected chi connectivity index (χ0v) is 23.0. The molecule has 1 aliphatic heterocycles. The summed E-state index contributed by atoms with van der Waals surface area (Å²) < 4.78 is 22.7. The van der Waals surface area contributed by atoms with Gasteiger partial charge in [-0.1, -0.05) is 58.0 Å². The molecule has 6 nitrogen and oxygen atoms in total. The van der Waals surface area contributed by atoms with Gasteiger partial charge in [0.1, 0.15) is 5.75 Å². The number of allylic oxidation sites excluding steroid dienone is 4. The van der Waals surface area contributed by atoms with Crippen LogP contribution in [0.2, 0.25) is 0 Å². The van der Waals surface area contributed by atoms with Gasteiger partial charge in [0.25, 0.3) is 0 Å². The summed E-state index contributed by atoms with van der Waals surface area (Å²) in [5.74, 6) is -0.197. The topological polar surface area (TPSA) is 88.9 Å². The summed E-state index contributed by atoms with van der Waals surface area (Å²) in [5.41, 5.74) is 3.52. The van der Waals surface area contributed by atoms with E-state index in [-0.39, 0.29) is 6.61 Å². The molecule has 2 aromatic rings. The predicted molar refractivity (Wildman–Crippen MR) is 142 cm³/mol. The molecule has 3 rings (SSSR count). The highest BCUT2D eigenvalue weighted by molar-refractivity contribution is 7.52. The van der Waals surface area contributed by atoms with E-state index in [2.05, 4.69) is 68.0 Å². The van der Waals surface area contributed by atoms with E-state index in [4.69, 9.17) is 9.47 Å². The maximum atomic E-state index is 11.4. The average Bonchev–Trinajstić information content (AvgIpc) is 2.79. The molecule has 2 unspecified atom stereocenters. The van der Waals surface area contributed by atoms with Crippen molar-refractivity contribution in [3.8, 4) is 5.75 Å². The van der Waals surface area contributed by atoms with Crippen LogP contribution in [0.3, 0.4) is 0 Å². The van der Waals surface area contributed by atoms with Gasteiger partial charge < -0.3 is 19.3 Å². The van der Waals surface area contributed by atoms with Gasteiger partial charge in [0.15, 0.2) is 0 Å². The molecule has 1 aromatic carbocycles. The maximum Gasteiger partial charge on any atom is 0.332 e. The molecule has 34 heavy (non-hydrogen) atoms. The van der Waals surface area contributed by atoms with Crippen molar-refractivity contribution in [3.63, 3.8) is 0 Å². The Kier molecular flexibility index (Phi) is 10.2. The Balaban J connectivity index is 0.000000248. The SMILES string of the molecule is C/C=C(\C=C/CC)c1ccc(PC)cc1.Cc1ncc(C(C)P(=O)(O)O)c2c1OC(C)(C)OC2. The Hall–Kier alpha value is -1.81. The summed E-state index contributed by atoms with van der Waals surface area (Å²) in [6, 6.07) is 8.86. The first-order valence-corrected chi connectivity index (χ1v) is 14.6. The van der Waals surface area contributed by atoms with Crippen molar-refractivity contribution >= 4 is 27.1 Å². The zero-order chi connectivity index (χ0) is 25.5. The number of hydrogen-bond acceptors (Lipinski definition) is 4. The van der Waals surface area contributed by atoms with Gasteiger partial charge in [-0.2, -0.15) is 0 Å². The molecule has 2 heterocycles. The molecule has 1 aliphatic rings. The summed E-state index contributed by atoms with van der Waals surface area (Å²) >= 11 is 0. The molecular weight excluding hydrogens is 468 g/mol. The second-order valence-electron chi connectivity index (χ2n) is 8.54. The molecule has 2 atom stereocenters. The van der Waals surface area contributed by atoms with Gasteiger partial charge in [0.05, 0.1) is 18.0 Å². The van der Waals surface area contributed by atoms with Gasteiger partial charge in [-0.3, -0.25) is 9.55 Å². The van der Waals surface area contributed by atoms with Crippen LogP contribution in [0.4, 0.5) is 0 Å². The van der Waals surface area contributed by atoms with E-state index in [0.717, 1.165) is 15.0 Å². The quantitative estimate of drug-likeness (QED) is 0.356. The van der Waals surface area contributed by atoms with Crippen LogP contribution in [0.1, 0.15) is 69.1 Å². The van der Waals surface area contributed by atoms with Gasteiger partial charge in [0.2, 0.25) is 5.79 Å². The number of rotatable bonds is 6. The van der Waals surface area contributed by atoms with E-state index in [1.54, 1.807) is 20.8 Å². The fourth-order valence-electron chi connectivity index (χ4n) is 3.43. The van der Waals surface area contributed by atoms with E-state index >= 15 is 0 Å². The molecule has 2 N–H and O–H groups in total. The highest BCUT2D eigenvalue weighted by Gasteiger charge is 2.35. The minimum Gasteiger partial charge on any atom is -0.461 e. The van der Waals surface area contributed by atoms with E-state index < -0.39 is 19.0 Å². The van der Waals surface area contributed by atoms with Crippen LogP contribution in [0.25, 0.3) is 5.57 Å². The first-order chi connectivity index (χ1) is 15.9. The van der Waals surface area contributed by atoms with Crippen LogP contribution < -0.4 is 10.0 Å². The monoisotopic (exact) mass is 505 g/mol. The van der Waals surface area contributed by atoms with Crippen LogP contribution in [0.15, 0.2) is 48.7 Å². The van der Waals surface area contributed by atoms with Crippen molar-refractivity contribution in [2.45, 2.75) is 66.0 Å². The lowest BCUT2D eigenvalue weighted by Crippen LogP contribution is -2.36. The fourth-order valence-corrected chi connectivity index (χ4v) is 4.52. The molecule has 0 aliphatic carbocycles. The Bertz CT molecular complexity index is 1070. The average molecular weight is 506 g/mol. The minimum absolute atomic E-state index is 0.255. The van der Waals surface area contributed by atoms with Gasteiger partial charge in [-0.05, 0) is 55.9 Å². The van der Waals surface area contributed by atoms with Crippen LogP contribution in [0.5, 0.6) is 5.75 Å². The van der Waals surface area contributed by atoms with Gasteiger partial charge in [-0.15, -0.1) is 0 Å². The number of fused-ring (bicyclic) bond motifs is 1. The number of pyridine rings is 1. The van der Waals surface area contributed by atoms with Crippen LogP contribution in [-0.4, -0.2) is 27.2 Å². The number of benzene rings is 1. The molecule has 0 radical (unpaired) electrons. The molecule has 8 heteroatoms. The number of hydrogen-bond donors (Lipinski definition) is 2. The van der Waals surface area contributed by atoms with Crippen molar-refractivity contribution in [1.82, 2.24) is 4.98 Å². The number of aryl methyl sites for hydroxylation is 1. The Morgan fingerprint density at radius 2 is 1.94 bits per heavy atom. The van der Waals surface area contributed by atoms with Crippen LogP contribution in [0, 0.1) is 6.92 Å². The Morgan fingerprint density at radius 1 is 1.29 bits per heavy atom. The van der Waals surface area contributed by atoms with Crippen LogP contribution in [-0.2, 0) is 15.9 Å². The third-order valence-electron chi connectivity index (χ3n) is 5.57. The number of ether oxygens (including phenoxy) is 2. The minimum atomic E-state index is -4.22. The lowest BCUT2D eigenvalue weighted by molar-refractivity contribution is -0.180. The van der Waals surface area contributed by atoms with Gasteiger partial charge in [-0.25, -0.2) is 0 Å². The van der Waals surface area contributed by atoms with Crippen molar-refractivity contribution < 1.29 is 23.8 Å². The summed E-state index contributed by atoms with van der Waals surface area (Å²) in [6.45, 7) is 13.6. The molecule has 0 bridgehead atoms. The van der Waals surface area contributed by atoms with Crippen molar-refractivity contribution in [2.75, 3.05) is 6.66 Å². The summed E-state index contributed by atoms with van der Waals surface area (Å²) in [4.78, 5) is 22.8. The lowest BCUT2D eigenvalue weighted by atomic mass is 10.0. The van der Waals surface area contributed by atoms with Crippen molar-refractivity contribution in [2.24, 2.45) is 0 Å². The molecule has 0 spiro atoms. The van der Waals surface area contributed by atoms with E-state index in [1.807, 2.05) is 0 Å². The molecular formula is C26H37NO5P2. The van der Waals surface area contributed by atoms with E-state index in [9.17, 15) is 14.4 Å². The molecule has 0 saturated heterocycles. The lowest BCUT2D eigenvalue weighted by Gasteiger charge is -2.34. The highest BCUT2D eigenvalue weighted by Crippen LogP contribution is 2.53.